The van der Waals surface area contributed by atoms with E-state index < -0.39 is 6.10 Å². The second kappa shape index (κ2) is 6.34. The molecular weight excluding hydrogens is 243 g/mol. The smallest absolute Gasteiger partial charge is 0.168 e. The molecule has 0 radical (unpaired) electrons. The largest absolute Gasteiger partial charge is 0.494 e. The van der Waals surface area contributed by atoms with E-state index in [1.165, 1.54) is 7.11 Å². The summed E-state index contributed by atoms with van der Waals surface area (Å²) in [6, 6.07) is 14.5. The van der Waals surface area contributed by atoms with E-state index in [4.69, 9.17) is 4.74 Å². The fourth-order valence-electron chi connectivity index (χ4n) is 2.04. The molecule has 0 aliphatic heterocycles. The molecule has 0 saturated carbocycles. The van der Waals surface area contributed by atoms with Crippen molar-refractivity contribution in [1.29, 1.82) is 0 Å². The number of hydrogen-bond acceptors (Lipinski definition) is 2. The average Bonchev–Trinajstić information content (AvgIpc) is 2.47. The van der Waals surface area contributed by atoms with Crippen molar-refractivity contribution in [2.45, 2.75) is 18.9 Å². The molecule has 2 rings (SSSR count). The second-order valence-electron chi connectivity index (χ2n) is 4.40. The fraction of sp³-hybridized carbons (Fsp3) is 0.250. The van der Waals surface area contributed by atoms with E-state index in [0.717, 1.165) is 5.56 Å². The third kappa shape index (κ3) is 3.32. The highest BCUT2D eigenvalue weighted by Gasteiger charge is 2.11. The number of aliphatic hydroxyl groups excluding tert-OH is 1. The molecular formula is C16H17FO2. The quantitative estimate of drug-likeness (QED) is 0.891. The Kier molecular flexibility index (Phi) is 4.53. The fourth-order valence-corrected chi connectivity index (χ4v) is 2.04. The number of rotatable bonds is 5. The topological polar surface area (TPSA) is 29.5 Å². The van der Waals surface area contributed by atoms with Crippen LogP contribution in [-0.2, 0) is 6.42 Å². The van der Waals surface area contributed by atoms with Gasteiger partial charge in [0.2, 0.25) is 0 Å². The van der Waals surface area contributed by atoms with Gasteiger partial charge in [0, 0.05) is 0 Å². The van der Waals surface area contributed by atoms with E-state index in [9.17, 15) is 9.50 Å². The first-order chi connectivity index (χ1) is 9.22. The van der Waals surface area contributed by atoms with Gasteiger partial charge in [0.1, 0.15) is 0 Å². The average molecular weight is 260 g/mol. The van der Waals surface area contributed by atoms with E-state index in [0.29, 0.717) is 18.4 Å². The maximum Gasteiger partial charge on any atom is 0.168 e. The number of hydrogen-bond donors (Lipinski definition) is 1. The van der Waals surface area contributed by atoms with Crippen LogP contribution in [0.5, 0.6) is 5.75 Å². The van der Waals surface area contributed by atoms with Crippen molar-refractivity contribution >= 4 is 0 Å². The lowest BCUT2D eigenvalue weighted by Crippen LogP contribution is -2.01. The summed E-state index contributed by atoms with van der Waals surface area (Å²) >= 11 is 0. The van der Waals surface area contributed by atoms with Crippen molar-refractivity contribution in [2.75, 3.05) is 7.11 Å². The van der Waals surface area contributed by atoms with Crippen LogP contribution in [0.4, 0.5) is 4.39 Å². The molecule has 0 saturated heterocycles. The number of aryl methyl sites for hydroxylation is 1. The van der Waals surface area contributed by atoms with Gasteiger partial charge in [0.15, 0.2) is 11.6 Å². The van der Waals surface area contributed by atoms with Gasteiger partial charge in [-0.2, -0.15) is 0 Å². The van der Waals surface area contributed by atoms with Crippen LogP contribution < -0.4 is 4.74 Å². The number of methoxy groups -OCH3 is 1. The Bertz CT molecular complexity index is 526. The Morgan fingerprint density at radius 3 is 2.53 bits per heavy atom. The predicted molar refractivity (Wildman–Crippen MR) is 72.7 cm³/mol. The maximum atomic E-state index is 13.9. The monoisotopic (exact) mass is 260 g/mol. The van der Waals surface area contributed by atoms with Crippen molar-refractivity contribution < 1.29 is 14.2 Å². The molecule has 2 aromatic rings. The van der Waals surface area contributed by atoms with Crippen LogP contribution in [0.15, 0.2) is 48.5 Å². The number of aliphatic hydroxyl groups is 1. The zero-order valence-electron chi connectivity index (χ0n) is 10.8. The van der Waals surface area contributed by atoms with Crippen LogP contribution in [0.1, 0.15) is 23.7 Å². The Labute approximate surface area is 112 Å². The molecule has 1 unspecified atom stereocenters. The van der Waals surface area contributed by atoms with Gasteiger partial charge in [-0.3, -0.25) is 0 Å². The molecule has 100 valence electrons. The van der Waals surface area contributed by atoms with Gasteiger partial charge in [0.05, 0.1) is 13.2 Å². The standard InChI is InChI=1S/C16H17FO2/c1-19-15-9-5-8-13(16(15)17)10-11-14(18)12-6-3-2-4-7-12/h2-9,14,18H,10-11H2,1H3. The van der Waals surface area contributed by atoms with E-state index in [-0.39, 0.29) is 11.6 Å². The summed E-state index contributed by atoms with van der Waals surface area (Å²) in [5.41, 5.74) is 1.42. The molecule has 0 aromatic heterocycles. The normalized spacial score (nSPS) is 12.2. The van der Waals surface area contributed by atoms with Gasteiger partial charge < -0.3 is 9.84 Å². The number of benzene rings is 2. The highest BCUT2D eigenvalue weighted by atomic mass is 19.1. The molecule has 2 nitrogen and oxygen atoms in total. The Balaban J connectivity index is 2.03. The van der Waals surface area contributed by atoms with E-state index >= 15 is 0 Å². The zero-order chi connectivity index (χ0) is 13.7. The van der Waals surface area contributed by atoms with Crippen LogP contribution in [0.25, 0.3) is 0 Å². The van der Waals surface area contributed by atoms with Crippen molar-refractivity contribution in [3.63, 3.8) is 0 Å². The number of ether oxygens (including phenoxy) is 1. The van der Waals surface area contributed by atoms with Gasteiger partial charge in [-0.25, -0.2) is 4.39 Å². The summed E-state index contributed by atoms with van der Waals surface area (Å²) in [7, 11) is 1.45. The summed E-state index contributed by atoms with van der Waals surface area (Å²) in [6.07, 6.45) is 0.375. The molecule has 1 atom stereocenters. The maximum absolute atomic E-state index is 13.9. The van der Waals surface area contributed by atoms with Crippen molar-refractivity contribution in [2.24, 2.45) is 0 Å². The lowest BCUT2D eigenvalue weighted by molar-refractivity contribution is 0.167. The lowest BCUT2D eigenvalue weighted by Gasteiger charge is -2.12. The van der Waals surface area contributed by atoms with Crippen molar-refractivity contribution in [3.05, 3.63) is 65.5 Å². The summed E-state index contributed by atoms with van der Waals surface area (Å²) in [4.78, 5) is 0. The van der Waals surface area contributed by atoms with Gasteiger partial charge >= 0.3 is 0 Å². The van der Waals surface area contributed by atoms with Crippen LogP contribution in [-0.4, -0.2) is 12.2 Å². The molecule has 0 fully saturated rings. The van der Waals surface area contributed by atoms with E-state index in [1.807, 2.05) is 30.3 Å². The van der Waals surface area contributed by atoms with Crippen LogP contribution in [0.3, 0.4) is 0 Å². The van der Waals surface area contributed by atoms with Crippen molar-refractivity contribution in [1.82, 2.24) is 0 Å². The highest BCUT2D eigenvalue weighted by Crippen LogP contribution is 2.24. The molecule has 0 spiro atoms. The minimum absolute atomic E-state index is 0.242. The molecule has 0 bridgehead atoms. The summed E-state index contributed by atoms with van der Waals surface area (Å²) in [5, 5.41) is 10.0. The minimum Gasteiger partial charge on any atom is -0.494 e. The minimum atomic E-state index is -0.577. The number of halogens is 1. The Hall–Kier alpha value is -1.87. The summed E-state index contributed by atoms with van der Waals surface area (Å²) in [6.45, 7) is 0. The van der Waals surface area contributed by atoms with Crippen molar-refractivity contribution in [3.8, 4) is 5.75 Å². The first-order valence-corrected chi connectivity index (χ1v) is 6.26. The van der Waals surface area contributed by atoms with Crippen LogP contribution in [0, 0.1) is 5.82 Å². The van der Waals surface area contributed by atoms with Gasteiger partial charge in [-0.1, -0.05) is 42.5 Å². The molecule has 0 amide bonds. The molecule has 3 heteroatoms. The summed E-state index contributed by atoms with van der Waals surface area (Å²) < 4.78 is 18.9. The first-order valence-electron chi connectivity index (χ1n) is 6.26. The molecule has 0 aliphatic rings. The Morgan fingerprint density at radius 1 is 1.11 bits per heavy atom. The van der Waals surface area contributed by atoms with Gasteiger partial charge in [0.25, 0.3) is 0 Å². The zero-order valence-corrected chi connectivity index (χ0v) is 10.8. The molecule has 1 N–H and O–H groups in total. The molecule has 0 aliphatic carbocycles. The highest BCUT2D eigenvalue weighted by molar-refractivity contribution is 5.31. The molecule has 0 heterocycles. The third-order valence-electron chi connectivity index (χ3n) is 3.13. The van der Waals surface area contributed by atoms with Crippen LogP contribution in [0.2, 0.25) is 0 Å². The predicted octanol–water partition coefficient (Wildman–Crippen LogP) is 3.50. The SMILES string of the molecule is COc1cccc(CCC(O)c2ccccc2)c1F. The lowest BCUT2D eigenvalue weighted by atomic mass is 10.0. The van der Waals surface area contributed by atoms with Crippen LogP contribution >= 0.6 is 0 Å². The molecule has 2 aromatic carbocycles. The Morgan fingerprint density at radius 2 is 1.84 bits per heavy atom. The van der Waals surface area contributed by atoms with Gasteiger partial charge in [-0.05, 0) is 30.0 Å². The molecule has 19 heavy (non-hydrogen) atoms. The van der Waals surface area contributed by atoms with E-state index in [2.05, 4.69) is 0 Å². The first kappa shape index (κ1) is 13.6. The summed E-state index contributed by atoms with van der Waals surface area (Å²) in [5.74, 6) is -0.100. The third-order valence-corrected chi connectivity index (χ3v) is 3.13. The van der Waals surface area contributed by atoms with E-state index in [1.54, 1.807) is 18.2 Å². The second-order valence-corrected chi connectivity index (χ2v) is 4.40. The van der Waals surface area contributed by atoms with Gasteiger partial charge in [-0.15, -0.1) is 0 Å².